The summed E-state index contributed by atoms with van der Waals surface area (Å²) in [4.78, 5) is 33.6. The van der Waals surface area contributed by atoms with Gasteiger partial charge >= 0.3 is 12.1 Å². The highest BCUT2D eigenvalue weighted by Crippen LogP contribution is 2.37. The molecule has 0 radical (unpaired) electrons. The van der Waals surface area contributed by atoms with Gasteiger partial charge < -0.3 is 10.1 Å². The summed E-state index contributed by atoms with van der Waals surface area (Å²) in [6.45, 7) is 1.23. The molecule has 1 aromatic rings. The molecular weight excluding hydrogens is 369 g/mol. The first-order valence-corrected chi connectivity index (χ1v) is 8.10. The predicted molar refractivity (Wildman–Crippen MR) is 88.8 cm³/mol. The van der Waals surface area contributed by atoms with Crippen molar-refractivity contribution in [1.82, 2.24) is 0 Å². The van der Waals surface area contributed by atoms with Crippen LogP contribution in [0.4, 0.5) is 24.5 Å². The average molecular weight is 386 g/mol. The number of nitro groups is 1. The number of non-ortho nitro benzene ring substituents is 1. The standard InChI is InChI=1S/C17H17F3N2O5/c1-10(27-15(23)8-11-4-2-3-5-11)16(24)21-14-7-6-12(22(25)26)9-13(14)17(18,19)20/h2,4,6-7,9-11H,3,5,8H2,1H3,(H,21,24)/t10-,11-/m0/s1. The molecule has 0 heterocycles. The number of halogens is 3. The normalized spacial score (nSPS) is 17.4. The maximum Gasteiger partial charge on any atom is 0.418 e. The Bertz CT molecular complexity index is 776. The van der Waals surface area contributed by atoms with E-state index in [-0.39, 0.29) is 12.3 Å². The lowest BCUT2D eigenvalue weighted by Crippen LogP contribution is -2.31. The first-order valence-electron chi connectivity index (χ1n) is 8.10. The molecule has 10 heteroatoms. The Morgan fingerprint density at radius 1 is 1.41 bits per heavy atom. The summed E-state index contributed by atoms with van der Waals surface area (Å²) in [5.74, 6) is -1.57. The molecule has 2 atom stereocenters. The Balaban J connectivity index is 2.06. The summed E-state index contributed by atoms with van der Waals surface area (Å²) in [5, 5.41) is 12.7. The van der Waals surface area contributed by atoms with Crippen molar-refractivity contribution in [2.24, 2.45) is 5.92 Å². The number of esters is 1. The van der Waals surface area contributed by atoms with Crippen molar-refractivity contribution in [3.63, 3.8) is 0 Å². The summed E-state index contributed by atoms with van der Waals surface area (Å²) >= 11 is 0. The highest BCUT2D eigenvalue weighted by molar-refractivity contribution is 5.96. The molecule has 0 saturated heterocycles. The van der Waals surface area contributed by atoms with Crippen LogP contribution in [0.15, 0.2) is 30.4 Å². The van der Waals surface area contributed by atoms with Crippen molar-refractivity contribution in [1.29, 1.82) is 0 Å². The lowest BCUT2D eigenvalue weighted by Gasteiger charge is -2.17. The fourth-order valence-electron chi connectivity index (χ4n) is 2.60. The number of hydrogen-bond acceptors (Lipinski definition) is 5. The number of carbonyl (C=O) groups excluding carboxylic acids is 2. The van der Waals surface area contributed by atoms with E-state index < -0.39 is 46.0 Å². The van der Waals surface area contributed by atoms with E-state index in [0.717, 1.165) is 25.0 Å². The number of nitro benzene ring substituents is 1. The second kappa shape index (κ2) is 8.19. The first kappa shape index (κ1) is 20.4. The van der Waals surface area contributed by atoms with Gasteiger partial charge in [0.25, 0.3) is 11.6 Å². The monoisotopic (exact) mass is 386 g/mol. The van der Waals surface area contributed by atoms with Crippen LogP contribution in [-0.2, 0) is 20.5 Å². The molecule has 7 nitrogen and oxygen atoms in total. The van der Waals surface area contributed by atoms with Crippen LogP contribution < -0.4 is 5.32 Å². The third kappa shape index (κ3) is 5.53. The quantitative estimate of drug-likeness (QED) is 0.347. The van der Waals surface area contributed by atoms with Gasteiger partial charge in [0.05, 0.1) is 22.6 Å². The first-order chi connectivity index (χ1) is 12.6. The van der Waals surface area contributed by atoms with E-state index in [1.807, 2.05) is 17.5 Å². The molecule has 27 heavy (non-hydrogen) atoms. The summed E-state index contributed by atoms with van der Waals surface area (Å²) in [7, 11) is 0. The van der Waals surface area contributed by atoms with Gasteiger partial charge in [-0.1, -0.05) is 12.2 Å². The molecular formula is C17H17F3N2O5. The number of benzene rings is 1. The number of alkyl halides is 3. The molecule has 1 amide bonds. The number of anilines is 1. The average Bonchev–Trinajstić information content (AvgIpc) is 3.06. The van der Waals surface area contributed by atoms with Crippen molar-refractivity contribution < 1.29 is 32.4 Å². The third-order valence-corrected chi connectivity index (χ3v) is 4.00. The summed E-state index contributed by atoms with van der Waals surface area (Å²) in [6, 6.07) is 1.96. The summed E-state index contributed by atoms with van der Waals surface area (Å²) < 4.78 is 44.3. The van der Waals surface area contributed by atoms with E-state index >= 15 is 0 Å². The maximum atomic E-state index is 13.1. The molecule has 1 aliphatic rings. The highest BCUT2D eigenvalue weighted by Gasteiger charge is 2.36. The number of hydrogen-bond donors (Lipinski definition) is 1. The van der Waals surface area contributed by atoms with E-state index in [9.17, 15) is 32.9 Å². The molecule has 1 aliphatic carbocycles. The van der Waals surface area contributed by atoms with Crippen molar-refractivity contribution in [2.45, 2.75) is 38.5 Å². The number of ether oxygens (including phenoxy) is 1. The number of allylic oxidation sites excluding steroid dienone is 2. The molecule has 0 fully saturated rings. The van der Waals surface area contributed by atoms with Crippen molar-refractivity contribution in [2.75, 3.05) is 5.32 Å². The SMILES string of the molecule is C[C@H](OC(=O)C[C@H]1C=CCC1)C(=O)Nc1ccc([N+](=O)[O-])cc1C(F)(F)F. The van der Waals surface area contributed by atoms with Gasteiger partial charge in [-0.15, -0.1) is 0 Å². The predicted octanol–water partition coefficient (Wildman–Crippen LogP) is 3.84. The molecule has 146 valence electrons. The topological polar surface area (TPSA) is 98.5 Å². The van der Waals surface area contributed by atoms with Gasteiger partial charge in [-0.25, -0.2) is 0 Å². The van der Waals surface area contributed by atoms with E-state index in [1.54, 1.807) is 0 Å². The van der Waals surface area contributed by atoms with Crippen molar-refractivity contribution in [3.8, 4) is 0 Å². The van der Waals surface area contributed by atoms with Gasteiger partial charge in [-0.05, 0) is 31.7 Å². The second-order valence-corrected chi connectivity index (χ2v) is 6.08. The van der Waals surface area contributed by atoms with Crippen molar-refractivity contribution in [3.05, 3.63) is 46.0 Å². The Morgan fingerprint density at radius 3 is 2.67 bits per heavy atom. The number of rotatable bonds is 6. The van der Waals surface area contributed by atoms with Gasteiger partial charge in [0.15, 0.2) is 6.10 Å². The van der Waals surface area contributed by atoms with E-state index in [1.165, 1.54) is 6.92 Å². The number of amides is 1. The summed E-state index contributed by atoms with van der Waals surface area (Å²) in [5.41, 5.74) is -2.77. The number of carbonyl (C=O) groups is 2. The minimum Gasteiger partial charge on any atom is -0.453 e. The molecule has 2 rings (SSSR count). The van der Waals surface area contributed by atoms with Gasteiger partial charge in [0.2, 0.25) is 0 Å². The Kier molecular flexibility index (Phi) is 6.19. The maximum absolute atomic E-state index is 13.1. The van der Waals surface area contributed by atoms with E-state index in [2.05, 4.69) is 0 Å². The zero-order chi connectivity index (χ0) is 20.2. The number of nitrogens with zero attached hydrogens (tertiary/aromatic N) is 1. The summed E-state index contributed by atoms with van der Waals surface area (Å²) in [6.07, 6.45) is -0.691. The van der Waals surface area contributed by atoms with Crippen LogP contribution in [0.2, 0.25) is 0 Å². The fourth-order valence-corrected chi connectivity index (χ4v) is 2.60. The van der Waals surface area contributed by atoms with Crippen LogP contribution in [0.5, 0.6) is 0 Å². The Labute approximate surface area is 152 Å². The van der Waals surface area contributed by atoms with E-state index in [0.29, 0.717) is 6.07 Å². The van der Waals surface area contributed by atoms with E-state index in [4.69, 9.17) is 4.74 Å². The highest BCUT2D eigenvalue weighted by atomic mass is 19.4. The van der Waals surface area contributed by atoms with Crippen LogP contribution in [0.25, 0.3) is 0 Å². The van der Waals surface area contributed by atoms with Crippen LogP contribution in [0.3, 0.4) is 0 Å². The third-order valence-electron chi connectivity index (χ3n) is 4.00. The van der Waals surface area contributed by atoms with Crippen LogP contribution >= 0.6 is 0 Å². The minimum atomic E-state index is -4.91. The molecule has 1 aromatic carbocycles. The zero-order valence-corrected chi connectivity index (χ0v) is 14.3. The van der Waals surface area contributed by atoms with Crippen LogP contribution in [0.1, 0.15) is 31.7 Å². The molecule has 0 unspecified atom stereocenters. The lowest BCUT2D eigenvalue weighted by molar-refractivity contribution is -0.385. The second-order valence-electron chi connectivity index (χ2n) is 6.08. The van der Waals surface area contributed by atoms with Crippen LogP contribution in [0, 0.1) is 16.0 Å². The number of nitrogens with one attached hydrogen (secondary N) is 1. The minimum absolute atomic E-state index is 0.0271. The molecule has 0 spiro atoms. The Morgan fingerprint density at radius 2 is 2.11 bits per heavy atom. The molecule has 0 bridgehead atoms. The molecule has 1 N–H and O–H groups in total. The molecule has 0 aliphatic heterocycles. The van der Waals surface area contributed by atoms with Gasteiger partial charge in [0, 0.05) is 12.1 Å². The van der Waals surface area contributed by atoms with Gasteiger partial charge in [0.1, 0.15) is 0 Å². The van der Waals surface area contributed by atoms with Gasteiger partial charge in [-0.2, -0.15) is 13.2 Å². The van der Waals surface area contributed by atoms with Crippen LogP contribution in [-0.4, -0.2) is 22.9 Å². The van der Waals surface area contributed by atoms with Crippen molar-refractivity contribution >= 4 is 23.3 Å². The largest absolute Gasteiger partial charge is 0.453 e. The molecule has 0 aromatic heterocycles. The lowest BCUT2D eigenvalue weighted by atomic mass is 10.1. The fraction of sp³-hybridized carbons (Fsp3) is 0.412. The molecule has 0 saturated carbocycles. The van der Waals surface area contributed by atoms with Gasteiger partial charge in [-0.3, -0.25) is 19.7 Å². The Hall–Kier alpha value is -2.91. The zero-order valence-electron chi connectivity index (χ0n) is 14.3. The smallest absolute Gasteiger partial charge is 0.418 e.